The Kier molecular flexibility index (Phi) is 7.66. The first-order chi connectivity index (χ1) is 13.3. The Morgan fingerprint density at radius 2 is 1.68 bits per heavy atom. The van der Waals surface area contributed by atoms with E-state index >= 15 is 0 Å². The van der Waals surface area contributed by atoms with E-state index in [2.05, 4.69) is 10.6 Å². The number of carbonyl (C=O) groups is 3. The predicted molar refractivity (Wildman–Crippen MR) is 108 cm³/mol. The molecule has 148 valence electrons. The fraction of sp³-hybridized carbons (Fsp3) is 0.211. The first-order valence-corrected chi connectivity index (χ1v) is 9.13. The van der Waals surface area contributed by atoms with Gasteiger partial charge in [-0.25, -0.2) is 4.79 Å². The van der Waals surface area contributed by atoms with Gasteiger partial charge in [0.15, 0.2) is 0 Å². The summed E-state index contributed by atoms with van der Waals surface area (Å²) < 4.78 is 0. The van der Waals surface area contributed by atoms with E-state index in [9.17, 15) is 19.5 Å². The summed E-state index contributed by atoms with van der Waals surface area (Å²) >= 11 is 12.3. The zero-order valence-corrected chi connectivity index (χ0v) is 16.3. The van der Waals surface area contributed by atoms with Gasteiger partial charge in [0.1, 0.15) is 6.04 Å². The molecule has 1 unspecified atom stereocenters. The van der Waals surface area contributed by atoms with Crippen LogP contribution in [0.5, 0.6) is 0 Å². The maximum Gasteiger partial charge on any atom is 0.326 e. The molecule has 2 aromatic carbocycles. The molecule has 9 heteroatoms. The number of nitrogens with one attached hydrogen (secondary N) is 2. The van der Waals surface area contributed by atoms with Gasteiger partial charge in [0.05, 0.1) is 22.2 Å². The topological polar surface area (TPSA) is 122 Å². The average Bonchev–Trinajstić information content (AvgIpc) is 2.62. The lowest BCUT2D eigenvalue weighted by Gasteiger charge is -2.16. The van der Waals surface area contributed by atoms with Gasteiger partial charge in [-0.1, -0.05) is 47.5 Å². The summed E-state index contributed by atoms with van der Waals surface area (Å²) in [4.78, 5) is 34.5. The molecule has 7 nitrogen and oxygen atoms in total. The Bertz CT molecular complexity index is 869. The first kappa shape index (κ1) is 21.5. The molecule has 0 aromatic heterocycles. The van der Waals surface area contributed by atoms with Crippen LogP contribution in [0.1, 0.15) is 18.4 Å². The van der Waals surface area contributed by atoms with E-state index < -0.39 is 23.8 Å². The van der Waals surface area contributed by atoms with Gasteiger partial charge in [-0.15, -0.1) is 0 Å². The van der Waals surface area contributed by atoms with Gasteiger partial charge in [0.25, 0.3) is 0 Å². The van der Waals surface area contributed by atoms with E-state index in [0.717, 1.165) is 0 Å². The summed E-state index contributed by atoms with van der Waals surface area (Å²) in [7, 11) is 0. The van der Waals surface area contributed by atoms with Crippen molar-refractivity contribution in [2.75, 3.05) is 5.32 Å². The highest BCUT2D eigenvalue weighted by atomic mass is 35.5. The molecule has 2 aromatic rings. The number of hydrogen-bond donors (Lipinski definition) is 4. The summed E-state index contributed by atoms with van der Waals surface area (Å²) in [5, 5.41) is 15.6. The van der Waals surface area contributed by atoms with E-state index in [1.54, 1.807) is 42.5 Å². The quantitative estimate of drug-likeness (QED) is 0.493. The predicted octanol–water partition coefficient (Wildman–Crippen LogP) is 3.11. The maximum atomic E-state index is 12.3. The van der Waals surface area contributed by atoms with Gasteiger partial charge >= 0.3 is 5.97 Å². The normalized spacial score (nSPS) is 11.5. The summed E-state index contributed by atoms with van der Waals surface area (Å²) in [6.07, 6.45) is -0.294. The number of nitrogens with two attached hydrogens (primary N) is 1. The number of benzene rings is 2. The Balaban J connectivity index is 2.13. The van der Waals surface area contributed by atoms with Gasteiger partial charge in [0.2, 0.25) is 11.8 Å². The Labute approximate surface area is 171 Å². The van der Waals surface area contributed by atoms with Crippen molar-refractivity contribution in [2.45, 2.75) is 25.3 Å². The second-order valence-electron chi connectivity index (χ2n) is 6.02. The van der Waals surface area contributed by atoms with Crippen LogP contribution < -0.4 is 16.4 Å². The minimum Gasteiger partial charge on any atom is -0.480 e. The number of rotatable bonds is 9. The van der Waals surface area contributed by atoms with Crippen LogP contribution in [0.4, 0.5) is 11.4 Å². The van der Waals surface area contributed by atoms with Gasteiger partial charge < -0.3 is 21.5 Å². The minimum atomic E-state index is -1.23. The zero-order chi connectivity index (χ0) is 20.7. The molecule has 0 bridgehead atoms. The van der Waals surface area contributed by atoms with Crippen molar-refractivity contribution < 1.29 is 19.5 Å². The standard InChI is InChI=1S/C19H19Cl2N3O4/c20-12-5-3-6-13(21)18(12)24-14-7-2-1-4-11(14)10-17(26)23-15(19(27)28)8-9-16(22)25/h1-7,15,24H,8-10H2,(H2,22,25)(H,23,26)(H,27,28). The fourth-order valence-electron chi connectivity index (χ4n) is 2.51. The van der Waals surface area contributed by atoms with Crippen LogP contribution in [0.25, 0.3) is 0 Å². The molecule has 0 radical (unpaired) electrons. The smallest absolute Gasteiger partial charge is 0.326 e. The molecule has 0 aliphatic heterocycles. The Hall–Kier alpha value is -2.77. The monoisotopic (exact) mass is 423 g/mol. The molecule has 0 fully saturated rings. The number of halogens is 2. The van der Waals surface area contributed by atoms with Gasteiger partial charge in [-0.2, -0.15) is 0 Å². The van der Waals surface area contributed by atoms with Crippen LogP contribution in [0.15, 0.2) is 42.5 Å². The molecule has 28 heavy (non-hydrogen) atoms. The fourth-order valence-corrected chi connectivity index (χ4v) is 3.00. The number of anilines is 2. The van der Waals surface area contributed by atoms with Crippen LogP contribution in [-0.4, -0.2) is 28.9 Å². The van der Waals surface area contributed by atoms with Gasteiger partial charge in [0, 0.05) is 12.1 Å². The second kappa shape index (κ2) is 9.96. The summed E-state index contributed by atoms with van der Waals surface area (Å²) in [5.41, 5.74) is 6.77. The number of carboxylic acid groups (broad SMARTS) is 1. The van der Waals surface area contributed by atoms with Crippen molar-refractivity contribution in [3.05, 3.63) is 58.1 Å². The van der Waals surface area contributed by atoms with Crippen LogP contribution in [0.3, 0.4) is 0 Å². The third-order valence-corrected chi connectivity index (χ3v) is 4.53. The molecule has 0 saturated carbocycles. The maximum absolute atomic E-state index is 12.3. The molecule has 0 aliphatic rings. The number of aliphatic carboxylic acids is 1. The van der Waals surface area contributed by atoms with Crippen molar-refractivity contribution in [1.29, 1.82) is 0 Å². The van der Waals surface area contributed by atoms with Crippen molar-refractivity contribution >= 4 is 52.4 Å². The molecule has 0 saturated heterocycles. The number of carboxylic acids is 1. The molecule has 2 amide bonds. The van der Waals surface area contributed by atoms with E-state index in [0.29, 0.717) is 27.0 Å². The number of primary amides is 1. The van der Waals surface area contributed by atoms with Crippen LogP contribution >= 0.6 is 23.2 Å². The van der Waals surface area contributed by atoms with Crippen LogP contribution in [0.2, 0.25) is 10.0 Å². The Morgan fingerprint density at radius 3 is 2.29 bits per heavy atom. The third kappa shape index (κ3) is 6.14. The highest BCUT2D eigenvalue weighted by molar-refractivity contribution is 6.39. The minimum absolute atomic E-state index is 0.0778. The molecule has 0 spiro atoms. The summed E-state index contributed by atoms with van der Waals surface area (Å²) in [6, 6.07) is 10.9. The number of carbonyl (C=O) groups excluding carboxylic acids is 2. The van der Waals surface area contributed by atoms with E-state index in [4.69, 9.17) is 28.9 Å². The third-order valence-electron chi connectivity index (χ3n) is 3.90. The molecule has 2 rings (SSSR count). The molecular formula is C19H19Cl2N3O4. The molecule has 1 atom stereocenters. The van der Waals surface area contributed by atoms with Crippen LogP contribution in [-0.2, 0) is 20.8 Å². The second-order valence-corrected chi connectivity index (χ2v) is 6.83. The molecule has 0 heterocycles. The average molecular weight is 424 g/mol. The summed E-state index contributed by atoms with van der Waals surface area (Å²) in [6.45, 7) is 0. The SMILES string of the molecule is NC(=O)CCC(NC(=O)Cc1ccccc1Nc1c(Cl)cccc1Cl)C(=O)O. The van der Waals surface area contributed by atoms with Crippen molar-refractivity contribution in [3.8, 4) is 0 Å². The summed E-state index contributed by atoms with van der Waals surface area (Å²) in [5.74, 6) is -2.37. The van der Waals surface area contributed by atoms with Crippen molar-refractivity contribution in [1.82, 2.24) is 5.32 Å². The lowest BCUT2D eigenvalue weighted by Crippen LogP contribution is -2.42. The number of hydrogen-bond acceptors (Lipinski definition) is 4. The van der Waals surface area contributed by atoms with Crippen molar-refractivity contribution in [3.63, 3.8) is 0 Å². The van der Waals surface area contributed by atoms with E-state index in [1.165, 1.54) is 0 Å². The highest BCUT2D eigenvalue weighted by Gasteiger charge is 2.21. The molecule has 5 N–H and O–H groups in total. The first-order valence-electron chi connectivity index (χ1n) is 8.37. The van der Waals surface area contributed by atoms with Crippen LogP contribution in [0, 0.1) is 0 Å². The largest absolute Gasteiger partial charge is 0.480 e. The van der Waals surface area contributed by atoms with Gasteiger partial charge in [-0.05, 0) is 30.2 Å². The van der Waals surface area contributed by atoms with E-state index in [-0.39, 0.29) is 19.3 Å². The van der Waals surface area contributed by atoms with E-state index in [1.807, 2.05) is 0 Å². The lowest BCUT2D eigenvalue weighted by atomic mass is 10.1. The zero-order valence-electron chi connectivity index (χ0n) is 14.7. The highest BCUT2D eigenvalue weighted by Crippen LogP contribution is 2.33. The number of amides is 2. The molecular weight excluding hydrogens is 405 g/mol. The lowest BCUT2D eigenvalue weighted by molar-refractivity contribution is -0.142. The van der Waals surface area contributed by atoms with Crippen molar-refractivity contribution in [2.24, 2.45) is 5.73 Å². The van der Waals surface area contributed by atoms with Gasteiger partial charge in [-0.3, -0.25) is 9.59 Å². The Morgan fingerprint density at radius 1 is 1.04 bits per heavy atom. The number of para-hydroxylation sites is 2. The molecule has 0 aliphatic carbocycles.